The lowest BCUT2D eigenvalue weighted by Gasteiger charge is -2.38. The van der Waals surface area contributed by atoms with Crippen LogP contribution in [0.4, 0.5) is 10.2 Å². The molecule has 0 amide bonds. The van der Waals surface area contributed by atoms with E-state index in [4.69, 9.17) is 0 Å². The molecule has 2 aliphatic rings. The van der Waals surface area contributed by atoms with Crippen molar-refractivity contribution < 1.29 is 4.39 Å². The molecular weight excluding hydrogens is 527 g/mol. The standard InChI is InChI=1S/C14H12FI2N5O/c1-7-11(15)12-10-9(18-7)3-2-8-6-20(16)4-5-21(8)13(10)19-14(23)22(12)17/h2-3,8H,4-6H2,1H3. The highest BCUT2D eigenvalue weighted by Crippen LogP contribution is 2.35. The van der Waals surface area contributed by atoms with Gasteiger partial charge in [-0.3, -0.25) is 0 Å². The first-order valence-electron chi connectivity index (χ1n) is 7.12. The molecule has 2 aliphatic heterocycles. The molecule has 4 rings (SSSR count). The van der Waals surface area contributed by atoms with Crippen LogP contribution in [0.2, 0.25) is 0 Å². The van der Waals surface area contributed by atoms with Crippen molar-refractivity contribution in [3.8, 4) is 0 Å². The van der Waals surface area contributed by atoms with Gasteiger partial charge in [-0.25, -0.2) is 20.1 Å². The van der Waals surface area contributed by atoms with Gasteiger partial charge >= 0.3 is 5.69 Å². The number of aryl methyl sites for hydroxylation is 1. The molecule has 0 N–H and O–H groups in total. The molecule has 1 unspecified atom stereocenters. The van der Waals surface area contributed by atoms with Crippen LogP contribution in [-0.2, 0) is 0 Å². The predicted molar refractivity (Wildman–Crippen MR) is 104 cm³/mol. The fraction of sp³-hybridized carbons (Fsp3) is 0.357. The second-order valence-corrected chi connectivity index (χ2v) is 7.94. The maximum atomic E-state index is 14.7. The lowest BCUT2D eigenvalue weighted by atomic mass is 10.1. The number of rotatable bonds is 0. The zero-order chi connectivity index (χ0) is 16.3. The van der Waals surface area contributed by atoms with E-state index < -0.39 is 11.5 Å². The SMILES string of the molecule is Cc1nc2c3c(nc(=O)n(I)c3c1F)N1CCN(I)CC1C=C2. The Bertz CT molecular complexity index is 912. The number of halogens is 3. The fourth-order valence-corrected chi connectivity index (χ4v) is 4.29. The summed E-state index contributed by atoms with van der Waals surface area (Å²) in [6, 6.07) is 0.0957. The quantitative estimate of drug-likeness (QED) is 0.381. The molecule has 0 saturated carbocycles. The van der Waals surface area contributed by atoms with Gasteiger partial charge in [-0.1, -0.05) is 6.08 Å². The number of aromatic nitrogens is 3. The molecule has 0 spiro atoms. The first-order valence-corrected chi connectivity index (χ1v) is 9.05. The summed E-state index contributed by atoms with van der Waals surface area (Å²) in [6.45, 7) is 4.03. The molecule has 0 radical (unpaired) electrons. The summed E-state index contributed by atoms with van der Waals surface area (Å²) >= 11 is 4.10. The Kier molecular flexibility index (Phi) is 3.83. The van der Waals surface area contributed by atoms with Crippen molar-refractivity contribution in [1.82, 2.24) is 15.9 Å². The molecule has 1 fully saturated rings. The van der Waals surface area contributed by atoms with Crippen LogP contribution in [0.1, 0.15) is 11.4 Å². The molecule has 120 valence electrons. The van der Waals surface area contributed by atoms with E-state index in [0.717, 1.165) is 19.6 Å². The topological polar surface area (TPSA) is 54.3 Å². The highest BCUT2D eigenvalue weighted by Gasteiger charge is 2.31. The average Bonchev–Trinajstić information content (AvgIpc) is 2.65. The van der Waals surface area contributed by atoms with Gasteiger partial charge in [0.15, 0.2) is 5.82 Å². The average molecular weight is 539 g/mol. The number of fused-ring (bicyclic) bond motifs is 2. The van der Waals surface area contributed by atoms with Crippen molar-refractivity contribution in [1.29, 1.82) is 0 Å². The van der Waals surface area contributed by atoms with Crippen molar-refractivity contribution in [3.05, 3.63) is 33.8 Å². The van der Waals surface area contributed by atoms with Crippen molar-refractivity contribution >= 4 is 68.5 Å². The molecule has 9 heteroatoms. The minimum Gasteiger partial charge on any atom is -0.347 e. The van der Waals surface area contributed by atoms with Crippen LogP contribution in [-0.4, -0.2) is 41.5 Å². The van der Waals surface area contributed by atoms with Gasteiger partial charge in [0, 0.05) is 42.5 Å². The van der Waals surface area contributed by atoms with Crippen LogP contribution in [0.15, 0.2) is 10.9 Å². The van der Waals surface area contributed by atoms with Crippen molar-refractivity contribution in [2.24, 2.45) is 0 Å². The summed E-state index contributed by atoms with van der Waals surface area (Å²) in [5.41, 5.74) is 0.766. The van der Waals surface area contributed by atoms with Gasteiger partial charge in [0.1, 0.15) is 11.3 Å². The summed E-state index contributed by atoms with van der Waals surface area (Å²) in [6.07, 6.45) is 3.98. The summed E-state index contributed by atoms with van der Waals surface area (Å²) in [5.74, 6) is 0.0806. The van der Waals surface area contributed by atoms with Gasteiger partial charge in [-0.2, -0.15) is 4.98 Å². The fourth-order valence-electron chi connectivity index (χ4n) is 3.11. The molecule has 6 nitrogen and oxygen atoms in total. The van der Waals surface area contributed by atoms with Crippen LogP contribution >= 0.6 is 45.7 Å². The molecule has 2 aromatic heterocycles. The number of hydrogen-bond donors (Lipinski definition) is 0. The normalized spacial score (nSPS) is 20.7. The van der Waals surface area contributed by atoms with Gasteiger partial charge in [-0.15, -0.1) is 0 Å². The summed E-state index contributed by atoms with van der Waals surface area (Å²) in [5, 5.41) is 0.614. The largest absolute Gasteiger partial charge is 0.359 e. The monoisotopic (exact) mass is 539 g/mol. The third kappa shape index (κ3) is 2.38. The molecule has 1 atom stereocenters. The van der Waals surface area contributed by atoms with E-state index in [1.165, 1.54) is 2.78 Å². The highest BCUT2D eigenvalue weighted by atomic mass is 127. The molecule has 0 bridgehead atoms. The zero-order valence-electron chi connectivity index (χ0n) is 12.1. The molecule has 23 heavy (non-hydrogen) atoms. The van der Waals surface area contributed by atoms with Crippen molar-refractivity contribution in [2.45, 2.75) is 13.0 Å². The number of piperazine rings is 1. The Morgan fingerprint density at radius 3 is 2.87 bits per heavy atom. The number of pyridine rings is 1. The van der Waals surface area contributed by atoms with Gasteiger partial charge in [0.2, 0.25) is 0 Å². The van der Waals surface area contributed by atoms with E-state index in [-0.39, 0.29) is 17.3 Å². The van der Waals surface area contributed by atoms with Gasteiger partial charge in [0.25, 0.3) is 0 Å². The number of nitrogens with zero attached hydrogens (tertiary/aromatic N) is 5. The van der Waals surface area contributed by atoms with Crippen LogP contribution in [0.5, 0.6) is 0 Å². The smallest absolute Gasteiger partial charge is 0.347 e. The minimum atomic E-state index is -0.460. The van der Waals surface area contributed by atoms with Crippen LogP contribution in [0.3, 0.4) is 0 Å². The lowest BCUT2D eigenvalue weighted by molar-refractivity contribution is 0.418. The first-order chi connectivity index (χ1) is 11.0. The number of hydrogen-bond acceptors (Lipinski definition) is 5. The Morgan fingerprint density at radius 2 is 2.09 bits per heavy atom. The van der Waals surface area contributed by atoms with E-state index in [1.807, 2.05) is 6.08 Å². The molecule has 4 heterocycles. The molecule has 2 aromatic rings. The molecule has 0 aromatic carbocycles. The third-order valence-corrected chi connectivity index (χ3v) is 5.98. The molecule has 0 aliphatic carbocycles. The Balaban J connectivity index is 2.11. The van der Waals surface area contributed by atoms with Crippen molar-refractivity contribution in [2.75, 3.05) is 24.5 Å². The van der Waals surface area contributed by atoms with Gasteiger partial charge in [0.05, 0.1) is 45.7 Å². The molecular formula is C14H12FI2N5O. The van der Waals surface area contributed by atoms with E-state index in [2.05, 4.69) is 46.9 Å². The number of anilines is 1. The van der Waals surface area contributed by atoms with Crippen LogP contribution in [0, 0.1) is 12.7 Å². The highest BCUT2D eigenvalue weighted by molar-refractivity contribution is 14.1. The Hall–Kier alpha value is -0.820. The summed E-state index contributed by atoms with van der Waals surface area (Å²) in [7, 11) is 0. The second kappa shape index (κ2) is 5.62. The lowest BCUT2D eigenvalue weighted by Crippen LogP contribution is -2.49. The Labute approximate surface area is 159 Å². The third-order valence-electron chi connectivity index (χ3n) is 4.21. The van der Waals surface area contributed by atoms with Crippen molar-refractivity contribution in [3.63, 3.8) is 0 Å². The van der Waals surface area contributed by atoms with Gasteiger partial charge in [-0.05, 0) is 13.0 Å². The van der Waals surface area contributed by atoms with E-state index in [1.54, 1.807) is 29.8 Å². The predicted octanol–water partition coefficient (Wildman–Crippen LogP) is 2.30. The van der Waals surface area contributed by atoms with E-state index in [0.29, 0.717) is 16.9 Å². The Morgan fingerprint density at radius 1 is 1.30 bits per heavy atom. The van der Waals surface area contributed by atoms with Crippen LogP contribution in [0.25, 0.3) is 17.0 Å². The van der Waals surface area contributed by atoms with Crippen LogP contribution < -0.4 is 10.6 Å². The maximum Gasteiger partial charge on any atom is 0.359 e. The molecule has 1 saturated heterocycles. The minimum absolute atomic E-state index is 0.0957. The summed E-state index contributed by atoms with van der Waals surface area (Å²) in [4.78, 5) is 22.9. The van der Waals surface area contributed by atoms with E-state index in [9.17, 15) is 9.18 Å². The zero-order valence-corrected chi connectivity index (χ0v) is 16.4. The van der Waals surface area contributed by atoms with E-state index >= 15 is 0 Å². The van der Waals surface area contributed by atoms with Gasteiger partial charge < -0.3 is 4.90 Å². The first kappa shape index (κ1) is 15.7. The maximum absolute atomic E-state index is 14.7. The second-order valence-electron chi connectivity index (χ2n) is 5.61. The summed E-state index contributed by atoms with van der Waals surface area (Å²) < 4.78 is 18.1.